The summed E-state index contributed by atoms with van der Waals surface area (Å²) in [6.07, 6.45) is 4.91. The Labute approximate surface area is 115 Å². The monoisotopic (exact) mass is 270 g/mol. The van der Waals surface area contributed by atoms with Crippen LogP contribution in [0.4, 0.5) is 0 Å². The molecule has 0 radical (unpaired) electrons. The fourth-order valence-corrected chi connectivity index (χ4v) is 2.78. The van der Waals surface area contributed by atoms with Gasteiger partial charge in [-0.3, -0.25) is 4.79 Å². The van der Waals surface area contributed by atoms with Crippen molar-refractivity contribution in [3.8, 4) is 0 Å². The number of hydrogen-bond donors (Lipinski definition) is 1. The molecule has 19 heavy (non-hydrogen) atoms. The second-order valence-corrected chi connectivity index (χ2v) is 5.42. The summed E-state index contributed by atoms with van der Waals surface area (Å²) in [5.74, 6) is 0.507. The van der Waals surface area contributed by atoms with Crippen molar-refractivity contribution >= 4 is 5.91 Å². The van der Waals surface area contributed by atoms with E-state index in [1.807, 2.05) is 4.90 Å². The summed E-state index contributed by atoms with van der Waals surface area (Å²) in [6.45, 7) is 4.56. The maximum Gasteiger partial charge on any atom is 0.225 e. The average molecular weight is 270 g/mol. The maximum absolute atomic E-state index is 12.3. The number of nitrogens with two attached hydrogens (primary N) is 1. The molecule has 0 atom stereocenters. The number of rotatable bonds is 5. The Bertz CT molecular complexity index is 272. The van der Waals surface area contributed by atoms with Crippen LogP contribution >= 0.6 is 0 Å². The van der Waals surface area contributed by atoms with Gasteiger partial charge in [0, 0.05) is 38.8 Å². The molecule has 0 aromatic carbocycles. The van der Waals surface area contributed by atoms with E-state index in [2.05, 4.69) is 0 Å². The van der Waals surface area contributed by atoms with Gasteiger partial charge in [0.2, 0.25) is 5.91 Å². The molecule has 5 nitrogen and oxygen atoms in total. The van der Waals surface area contributed by atoms with Crippen LogP contribution in [0.25, 0.3) is 0 Å². The predicted molar refractivity (Wildman–Crippen MR) is 72.8 cm³/mol. The molecule has 2 N–H and O–H groups in total. The number of ether oxygens (including phenoxy) is 2. The van der Waals surface area contributed by atoms with Crippen LogP contribution < -0.4 is 5.73 Å². The first-order valence-corrected chi connectivity index (χ1v) is 7.49. The number of carbonyl (C=O) groups excluding carboxylic acids is 1. The van der Waals surface area contributed by atoms with Crippen molar-refractivity contribution in [2.24, 2.45) is 11.7 Å². The molecule has 0 aliphatic carbocycles. The van der Waals surface area contributed by atoms with Gasteiger partial charge in [-0.25, -0.2) is 0 Å². The number of piperidine rings is 1. The van der Waals surface area contributed by atoms with Crippen LogP contribution in [0.3, 0.4) is 0 Å². The Kier molecular flexibility index (Phi) is 6.07. The normalized spacial score (nSPS) is 22.7. The zero-order valence-electron chi connectivity index (χ0n) is 11.7. The molecular formula is C14H26N2O3. The van der Waals surface area contributed by atoms with Gasteiger partial charge in [-0.2, -0.15) is 0 Å². The first-order chi connectivity index (χ1) is 9.31. The van der Waals surface area contributed by atoms with E-state index < -0.39 is 0 Å². The topological polar surface area (TPSA) is 64.8 Å². The van der Waals surface area contributed by atoms with Crippen molar-refractivity contribution in [1.82, 2.24) is 4.90 Å². The molecule has 2 aliphatic heterocycles. The number of carbonyl (C=O) groups is 1. The SMILES string of the molecule is NCCCOC1CCN(C(=O)C2CCOCC2)CC1. The fourth-order valence-electron chi connectivity index (χ4n) is 2.78. The molecule has 0 spiro atoms. The van der Waals surface area contributed by atoms with E-state index in [4.69, 9.17) is 15.2 Å². The summed E-state index contributed by atoms with van der Waals surface area (Å²) >= 11 is 0. The second kappa shape index (κ2) is 7.82. The van der Waals surface area contributed by atoms with Gasteiger partial charge in [-0.1, -0.05) is 0 Å². The summed E-state index contributed by atoms with van der Waals surface area (Å²) in [5.41, 5.74) is 5.45. The van der Waals surface area contributed by atoms with Crippen LogP contribution in [-0.4, -0.2) is 56.4 Å². The summed E-state index contributed by atoms with van der Waals surface area (Å²) < 4.78 is 11.1. The lowest BCUT2D eigenvalue weighted by Crippen LogP contribution is -2.44. The molecule has 2 saturated heterocycles. The van der Waals surface area contributed by atoms with Crippen LogP contribution in [0.1, 0.15) is 32.1 Å². The fraction of sp³-hybridized carbons (Fsp3) is 0.929. The van der Waals surface area contributed by atoms with Crippen molar-refractivity contribution in [2.75, 3.05) is 39.5 Å². The Hall–Kier alpha value is -0.650. The summed E-state index contributed by atoms with van der Waals surface area (Å²) in [4.78, 5) is 14.3. The molecule has 5 heteroatoms. The minimum atomic E-state index is 0.184. The van der Waals surface area contributed by atoms with Gasteiger partial charge < -0.3 is 20.1 Å². The van der Waals surface area contributed by atoms with Crippen molar-refractivity contribution in [2.45, 2.75) is 38.2 Å². The van der Waals surface area contributed by atoms with E-state index in [1.165, 1.54) is 0 Å². The molecular weight excluding hydrogens is 244 g/mol. The Morgan fingerprint density at radius 1 is 1.21 bits per heavy atom. The number of amides is 1. The highest BCUT2D eigenvalue weighted by atomic mass is 16.5. The highest BCUT2D eigenvalue weighted by Gasteiger charge is 2.29. The van der Waals surface area contributed by atoms with E-state index >= 15 is 0 Å². The average Bonchev–Trinajstić information content (AvgIpc) is 2.48. The van der Waals surface area contributed by atoms with Gasteiger partial charge in [-0.15, -0.1) is 0 Å². The molecule has 0 saturated carbocycles. The van der Waals surface area contributed by atoms with Gasteiger partial charge in [0.25, 0.3) is 0 Å². The molecule has 0 aromatic rings. The Morgan fingerprint density at radius 3 is 2.53 bits per heavy atom. The maximum atomic E-state index is 12.3. The lowest BCUT2D eigenvalue weighted by Gasteiger charge is -2.35. The molecule has 2 fully saturated rings. The highest BCUT2D eigenvalue weighted by Crippen LogP contribution is 2.21. The van der Waals surface area contributed by atoms with Gasteiger partial charge in [0.1, 0.15) is 0 Å². The Morgan fingerprint density at radius 2 is 1.89 bits per heavy atom. The van der Waals surface area contributed by atoms with E-state index in [0.29, 0.717) is 18.6 Å². The van der Waals surface area contributed by atoms with Crippen LogP contribution in [0.15, 0.2) is 0 Å². The number of likely N-dealkylation sites (tertiary alicyclic amines) is 1. The van der Waals surface area contributed by atoms with E-state index in [-0.39, 0.29) is 5.92 Å². The Balaban J connectivity index is 1.68. The van der Waals surface area contributed by atoms with Crippen molar-refractivity contribution < 1.29 is 14.3 Å². The largest absolute Gasteiger partial charge is 0.381 e. The smallest absolute Gasteiger partial charge is 0.225 e. The van der Waals surface area contributed by atoms with Crippen LogP contribution in [-0.2, 0) is 14.3 Å². The third-order valence-electron chi connectivity index (χ3n) is 4.03. The lowest BCUT2D eigenvalue weighted by molar-refractivity contribution is -0.141. The molecule has 110 valence electrons. The first-order valence-electron chi connectivity index (χ1n) is 7.49. The van der Waals surface area contributed by atoms with Crippen LogP contribution in [0, 0.1) is 5.92 Å². The first kappa shape index (κ1) is 14.8. The van der Waals surface area contributed by atoms with E-state index in [1.54, 1.807) is 0 Å². The van der Waals surface area contributed by atoms with Crippen molar-refractivity contribution in [3.05, 3.63) is 0 Å². The zero-order valence-corrected chi connectivity index (χ0v) is 11.7. The third kappa shape index (κ3) is 4.44. The van der Waals surface area contributed by atoms with Crippen molar-refractivity contribution in [3.63, 3.8) is 0 Å². The quantitative estimate of drug-likeness (QED) is 0.749. The summed E-state index contributed by atoms with van der Waals surface area (Å²) in [7, 11) is 0. The van der Waals surface area contributed by atoms with E-state index in [9.17, 15) is 4.79 Å². The molecule has 2 heterocycles. The van der Waals surface area contributed by atoms with Gasteiger partial charge >= 0.3 is 0 Å². The van der Waals surface area contributed by atoms with Gasteiger partial charge in [0.05, 0.1) is 6.10 Å². The van der Waals surface area contributed by atoms with E-state index in [0.717, 1.165) is 65.0 Å². The molecule has 2 rings (SSSR count). The summed E-state index contributed by atoms with van der Waals surface area (Å²) in [5, 5.41) is 0. The minimum absolute atomic E-state index is 0.184. The van der Waals surface area contributed by atoms with Gasteiger partial charge in [-0.05, 0) is 38.6 Å². The zero-order chi connectivity index (χ0) is 13.5. The molecule has 0 bridgehead atoms. The number of nitrogens with zero attached hydrogens (tertiary/aromatic N) is 1. The highest BCUT2D eigenvalue weighted by molar-refractivity contribution is 5.79. The molecule has 0 aromatic heterocycles. The lowest BCUT2D eigenvalue weighted by atomic mass is 9.97. The minimum Gasteiger partial charge on any atom is -0.381 e. The van der Waals surface area contributed by atoms with Crippen LogP contribution in [0.5, 0.6) is 0 Å². The van der Waals surface area contributed by atoms with Crippen LogP contribution in [0.2, 0.25) is 0 Å². The number of hydrogen-bond acceptors (Lipinski definition) is 4. The third-order valence-corrected chi connectivity index (χ3v) is 4.03. The summed E-state index contributed by atoms with van der Waals surface area (Å²) in [6, 6.07) is 0. The van der Waals surface area contributed by atoms with Gasteiger partial charge in [0.15, 0.2) is 0 Å². The molecule has 0 unspecified atom stereocenters. The second-order valence-electron chi connectivity index (χ2n) is 5.42. The molecule has 2 aliphatic rings. The predicted octanol–water partition coefficient (Wildman–Crippen LogP) is 0.769. The van der Waals surface area contributed by atoms with Crippen molar-refractivity contribution in [1.29, 1.82) is 0 Å². The standard InChI is InChI=1S/C14H26N2O3/c15-6-1-9-19-13-2-7-16(8-3-13)14(17)12-4-10-18-11-5-12/h12-13H,1-11,15H2. The molecule has 1 amide bonds.